The van der Waals surface area contributed by atoms with E-state index in [0.717, 1.165) is 5.82 Å². The minimum Gasteiger partial charge on any atom is -0.367 e. The Morgan fingerprint density at radius 1 is 1.21 bits per heavy atom. The predicted molar refractivity (Wildman–Crippen MR) is 73.5 cm³/mol. The highest BCUT2D eigenvalue weighted by molar-refractivity contribution is 5.41. The molecule has 0 aliphatic heterocycles. The molecule has 98 valence electrons. The zero-order valence-corrected chi connectivity index (χ0v) is 10.6. The Bertz CT molecular complexity index is 599. The molecule has 19 heavy (non-hydrogen) atoms. The summed E-state index contributed by atoms with van der Waals surface area (Å²) in [5.41, 5.74) is 0.531. The second kappa shape index (κ2) is 5.22. The minimum absolute atomic E-state index is 0.152. The van der Waals surface area contributed by atoms with Gasteiger partial charge in [-0.05, 0) is 31.0 Å². The Kier molecular flexibility index (Phi) is 3.27. The monoisotopic (exact) mass is 256 g/mol. The maximum Gasteiger partial charge on any atom is 0.271 e. The zero-order valence-electron chi connectivity index (χ0n) is 10.6. The largest absolute Gasteiger partial charge is 0.367 e. The van der Waals surface area contributed by atoms with Crippen molar-refractivity contribution in [1.82, 2.24) is 14.8 Å². The number of nitrogens with zero attached hydrogens (tertiary/aromatic N) is 3. The smallest absolute Gasteiger partial charge is 0.271 e. The Morgan fingerprint density at radius 3 is 2.74 bits per heavy atom. The second-order valence-corrected chi connectivity index (χ2v) is 4.80. The van der Waals surface area contributed by atoms with Gasteiger partial charge in [0.1, 0.15) is 5.82 Å². The van der Waals surface area contributed by atoms with E-state index in [1.807, 2.05) is 12.1 Å². The van der Waals surface area contributed by atoms with Gasteiger partial charge in [0, 0.05) is 18.3 Å². The van der Waals surface area contributed by atoms with Crippen LogP contribution in [0.25, 0.3) is 5.69 Å². The first-order valence-corrected chi connectivity index (χ1v) is 6.60. The summed E-state index contributed by atoms with van der Waals surface area (Å²) in [4.78, 5) is 16.0. The first-order chi connectivity index (χ1) is 9.33. The summed E-state index contributed by atoms with van der Waals surface area (Å²) in [5, 5.41) is 7.44. The molecule has 0 radical (unpaired) electrons. The number of hydrogen-bond acceptors (Lipinski definition) is 4. The van der Waals surface area contributed by atoms with Gasteiger partial charge in [0.2, 0.25) is 0 Å². The quantitative estimate of drug-likeness (QED) is 0.912. The molecule has 5 nitrogen and oxygen atoms in total. The van der Waals surface area contributed by atoms with Crippen molar-refractivity contribution in [2.45, 2.75) is 31.7 Å². The van der Waals surface area contributed by atoms with Gasteiger partial charge in [-0.1, -0.05) is 12.8 Å². The van der Waals surface area contributed by atoms with E-state index < -0.39 is 0 Å². The average molecular weight is 256 g/mol. The van der Waals surface area contributed by atoms with Gasteiger partial charge in [0.05, 0.1) is 11.9 Å². The van der Waals surface area contributed by atoms with Gasteiger partial charge < -0.3 is 5.32 Å². The minimum atomic E-state index is -0.152. The van der Waals surface area contributed by atoms with Crippen LogP contribution in [0.1, 0.15) is 25.7 Å². The highest BCUT2D eigenvalue weighted by Gasteiger charge is 2.14. The van der Waals surface area contributed by atoms with Crippen molar-refractivity contribution in [3.05, 3.63) is 47.0 Å². The van der Waals surface area contributed by atoms with Gasteiger partial charge >= 0.3 is 0 Å². The van der Waals surface area contributed by atoms with Crippen LogP contribution in [-0.2, 0) is 0 Å². The summed E-state index contributed by atoms with van der Waals surface area (Å²) in [7, 11) is 0. The van der Waals surface area contributed by atoms with E-state index in [2.05, 4.69) is 15.4 Å². The fourth-order valence-corrected chi connectivity index (χ4v) is 2.43. The van der Waals surface area contributed by atoms with Gasteiger partial charge in [0.25, 0.3) is 5.56 Å². The van der Waals surface area contributed by atoms with E-state index in [1.165, 1.54) is 36.4 Å². The van der Waals surface area contributed by atoms with Gasteiger partial charge in [-0.3, -0.25) is 4.79 Å². The molecule has 0 amide bonds. The third-order valence-corrected chi connectivity index (χ3v) is 3.42. The lowest BCUT2D eigenvalue weighted by atomic mass is 10.2. The Labute approximate surface area is 111 Å². The molecule has 1 aliphatic carbocycles. The highest BCUT2D eigenvalue weighted by atomic mass is 16.1. The molecular weight excluding hydrogens is 240 g/mol. The third-order valence-electron chi connectivity index (χ3n) is 3.42. The molecule has 0 atom stereocenters. The van der Waals surface area contributed by atoms with Crippen LogP contribution in [0, 0.1) is 0 Å². The lowest BCUT2D eigenvalue weighted by Gasteiger charge is -2.12. The summed E-state index contributed by atoms with van der Waals surface area (Å²) in [6, 6.07) is 7.41. The first-order valence-electron chi connectivity index (χ1n) is 6.60. The van der Waals surface area contributed by atoms with Crippen molar-refractivity contribution in [1.29, 1.82) is 0 Å². The molecule has 2 aromatic rings. The van der Waals surface area contributed by atoms with E-state index in [1.54, 1.807) is 18.5 Å². The van der Waals surface area contributed by atoms with E-state index >= 15 is 0 Å². The van der Waals surface area contributed by atoms with Crippen LogP contribution >= 0.6 is 0 Å². The molecule has 1 fully saturated rings. The molecule has 2 aromatic heterocycles. The number of anilines is 1. The Hall–Kier alpha value is -2.17. The van der Waals surface area contributed by atoms with Crippen LogP contribution in [-0.4, -0.2) is 20.8 Å². The van der Waals surface area contributed by atoms with Crippen molar-refractivity contribution < 1.29 is 0 Å². The molecule has 2 heterocycles. The Balaban J connectivity index is 1.79. The standard InChI is InChI=1S/C14H16N4O/c19-14-6-3-9-16-18(14)12-7-8-13(15-10-12)17-11-4-1-2-5-11/h3,6-11H,1-2,4-5H2,(H,15,17). The molecule has 1 aliphatic rings. The van der Waals surface area contributed by atoms with E-state index in [-0.39, 0.29) is 5.56 Å². The van der Waals surface area contributed by atoms with Gasteiger partial charge in [-0.2, -0.15) is 9.78 Å². The van der Waals surface area contributed by atoms with Crippen molar-refractivity contribution in [3.8, 4) is 5.69 Å². The van der Waals surface area contributed by atoms with Crippen molar-refractivity contribution in [2.24, 2.45) is 0 Å². The lowest BCUT2D eigenvalue weighted by Crippen LogP contribution is -2.20. The lowest BCUT2D eigenvalue weighted by molar-refractivity contribution is 0.749. The maximum absolute atomic E-state index is 11.6. The fourth-order valence-electron chi connectivity index (χ4n) is 2.43. The molecule has 5 heteroatoms. The molecule has 0 aromatic carbocycles. The van der Waals surface area contributed by atoms with E-state index in [0.29, 0.717) is 11.7 Å². The van der Waals surface area contributed by atoms with Crippen LogP contribution in [0.2, 0.25) is 0 Å². The summed E-state index contributed by atoms with van der Waals surface area (Å²) < 4.78 is 1.34. The molecule has 1 N–H and O–H groups in total. The summed E-state index contributed by atoms with van der Waals surface area (Å²) in [6.45, 7) is 0. The summed E-state index contributed by atoms with van der Waals surface area (Å²) in [6.07, 6.45) is 8.27. The van der Waals surface area contributed by atoms with Crippen molar-refractivity contribution in [3.63, 3.8) is 0 Å². The zero-order chi connectivity index (χ0) is 13.1. The van der Waals surface area contributed by atoms with Crippen LogP contribution in [0.5, 0.6) is 0 Å². The third kappa shape index (κ3) is 2.65. The van der Waals surface area contributed by atoms with E-state index in [4.69, 9.17) is 0 Å². The SMILES string of the molecule is O=c1cccnn1-c1ccc(NC2CCCC2)nc1. The molecule has 0 unspecified atom stereocenters. The number of aromatic nitrogens is 3. The topological polar surface area (TPSA) is 59.8 Å². The first kappa shape index (κ1) is 11.9. The van der Waals surface area contributed by atoms with Gasteiger partial charge in [-0.15, -0.1) is 0 Å². The van der Waals surface area contributed by atoms with Crippen LogP contribution in [0.15, 0.2) is 41.5 Å². The summed E-state index contributed by atoms with van der Waals surface area (Å²) in [5.74, 6) is 0.861. The van der Waals surface area contributed by atoms with Crippen LogP contribution in [0.4, 0.5) is 5.82 Å². The van der Waals surface area contributed by atoms with E-state index in [9.17, 15) is 4.79 Å². The van der Waals surface area contributed by atoms with Gasteiger partial charge in [-0.25, -0.2) is 4.98 Å². The molecular formula is C14H16N4O. The van der Waals surface area contributed by atoms with Gasteiger partial charge in [0.15, 0.2) is 0 Å². The number of hydrogen-bond donors (Lipinski definition) is 1. The Morgan fingerprint density at radius 2 is 2.05 bits per heavy atom. The molecule has 0 bridgehead atoms. The number of nitrogens with one attached hydrogen (secondary N) is 1. The molecule has 0 saturated heterocycles. The molecule has 0 spiro atoms. The maximum atomic E-state index is 11.6. The predicted octanol–water partition coefficient (Wildman–Crippen LogP) is 1.98. The fraction of sp³-hybridized carbons (Fsp3) is 0.357. The number of rotatable bonds is 3. The van der Waals surface area contributed by atoms with Crippen LogP contribution < -0.4 is 10.9 Å². The van der Waals surface area contributed by atoms with Crippen molar-refractivity contribution >= 4 is 5.82 Å². The number of pyridine rings is 1. The second-order valence-electron chi connectivity index (χ2n) is 4.80. The molecule has 3 rings (SSSR count). The highest BCUT2D eigenvalue weighted by Crippen LogP contribution is 2.21. The van der Waals surface area contributed by atoms with Crippen molar-refractivity contribution in [2.75, 3.05) is 5.32 Å². The summed E-state index contributed by atoms with van der Waals surface area (Å²) >= 11 is 0. The molecule has 1 saturated carbocycles. The normalized spacial score (nSPS) is 15.6. The average Bonchev–Trinajstić information content (AvgIpc) is 2.93. The van der Waals surface area contributed by atoms with Crippen LogP contribution in [0.3, 0.4) is 0 Å².